The summed E-state index contributed by atoms with van der Waals surface area (Å²) in [7, 11) is 3.17. The quantitative estimate of drug-likeness (QED) is 0.488. The lowest BCUT2D eigenvalue weighted by Gasteiger charge is -2.18. The third-order valence-electron chi connectivity index (χ3n) is 4.33. The van der Waals surface area contributed by atoms with Gasteiger partial charge in [-0.05, 0) is 43.5 Å². The molecule has 4 heteroatoms. The number of rotatable bonds is 11. The van der Waals surface area contributed by atoms with Crippen LogP contribution in [-0.2, 0) is 6.42 Å². The van der Waals surface area contributed by atoms with Crippen LogP contribution in [0.4, 0.5) is 0 Å². The highest BCUT2D eigenvalue weighted by molar-refractivity contribution is 6.00. The van der Waals surface area contributed by atoms with Gasteiger partial charge in [-0.15, -0.1) is 0 Å². The number of methoxy groups -OCH3 is 2. The van der Waals surface area contributed by atoms with Crippen molar-refractivity contribution in [3.63, 3.8) is 0 Å². The van der Waals surface area contributed by atoms with Crippen molar-refractivity contribution in [2.75, 3.05) is 20.8 Å². The van der Waals surface area contributed by atoms with Crippen LogP contribution < -0.4 is 14.8 Å². The first kappa shape index (κ1) is 20.0. The van der Waals surface area contributed by atoms with Gasteiger partial charge in [0.15, 0.2) is 5.78 Å². The summed E-state index contributed by atoms with van der Waals surface area (Å²) in [4.78, 5) is 13.1. The molecule has 2 rings (SSSR count). The molecule has 0 saturated carbocycles. The number of hydrogen-bond acceptors (Lipinski definition) is 4. The SMILES string of the molecule is [CH2]CCCNC(CCc1ccccc1)C(=O)c1cc(OC)cc(OC)c1. The Morgan fingerprint density at radius 2 is 1.73 bits per heavy atom. The van der Waals surface area contributed by atoms with Gasteiger partial charge in [0.25, 0.3) is 0 Å². The van der Waals surface area contributed by atoms with Crippen molar-refractivity contribution in [1.82, 2.24) is 5.32 Å². The highest BCUT2D eigenvalue weighted by Crippen LogP contribution is 2.24. The molecule has 0 aliphatic carbocycles. The van der Waals surface area contributed by atoms with E-state index in [0.717, 1.165) is 32.2 Å². The maximum Gasteiger partial charge on any atom is 0.180 e. The molecular formula is C22H28NO3. The Balaban J connectivity index is 2.15. The standard InChI is InChI=1S/C22H28NO3/c1-4-5-13-23-21(12-11-17-9-7-6-8-10-17)22(24)18-14-19(25-2)16-20(15-18)26-3/h6-10,14-16,21,23H,1,4-5,11-13H2,2-3H3. The summed E-state index contributed by atoms with van der Waals surface area (Å²) in [6.45, 7) is 4.64. The molecule has 26 heavy (non-hydrogen) atoms. The van der Waals surface area contributed by atoms with Gasteiger partial charge in [0, 0.05) is 11.6 Å². The van der Waals surface area contributed by atoms with Crippen LogP contribution in [-0.4, -0.2) is 32.6 Å². The number of ether oxygens (including phenoxy) is 2. The molecule has 2 aromatic carbocycles. The molecule has 1 N–H and O–H groups in total. The Bertz CT molecular complexity index is 663. The van der Waals surface area contributed by atoms with Gasteiger partial charge in [-0.3, -0.25) is 4.79 Å². The van der Waals surface area contributed by atoms with Crippen LogP contribution in [0.3, 0.4) is 0 Å². The Kier molecular flexibility index (Phi) is 8.16. The summed E-state index contributed by atoms with van der Waals surface area (Å²) >= 11 is 0. The van der Waals surface area contributed by atoms with Crippen molar-refractivity contribution in [2.24, 2.45) is 0 Å². The van der Waals surface area contributed by atoms with Gasteiger partial charge in [-0.25, -0.2) is 0 Å². The molecule has 0 aliphatic heterocycles. The second-order valence-electron chi connectivity index (χ2n) is 6.20. The molecule has 1 unspecified atom stereocenters. The van der Waals surface area contributed by atoms with Gasteiger partial charge in [-0.2, -0.15) is 0 Å². The molecule has 1 atom stereocenters. The molecule has 4 nitrogen and oxygen atoms in total. The first-order chi connectivity index (χ1) is 12.7. The fourth-order valence-corrected chi connectivity index (χ4v) is 2.83. The highest BCUT2D eigenvalue weighted by atomic mass is 16.5. The van der Waals surface area contributed by atoms with Crippen LogP contribution in [0.5, 0.6) is 11.5 Å². The molecule has 0 bridgehead atoms. The predicted molar refractivity (Wildman–Crippen MR) is 105 cm³/mol. The minimum Gasteiger partial charge on any atom is -0.497 e. The molecule has 139 valence electrons. The largest absolute Gasteiger partial charge is 0.497 e. The predicted octanol–water partition coefficient (Wildman–Crippen LogP) is 4.09. The second kappa shape index (κ2) is 10.6. The van der Waals surface area contributed by atoms with Crippen molar-refractivity contribution >= 4 is 5.78 Å². The molecular weight excluding hydrogens is 326 g/mol. The zero-order chi connectivity index (χ0) is 18.8. The van der Waals surface area contributed by atoms with Crippen molar-refractivity contribution in [3.05, 3.63) is 66.6 Å². The van der Waals surface area contributed by atoms with Crippen molar-refractivity contribution in [1.29, 1.82) is 0 Å². The number of unbranched alkanes of at least 4 members (excludes halogenated alkanes) is 1. The molecule has 0 aromatic heterocycles. The van der Waals surface area contributed by atoms with Crippen LogP contribution in [0.15, 0.2) is 48.5 Å². The zero-order valence-electron chi connectivity index (χ0n) is 15.7. The van der Waals surface area contributed by atoms with E-state index in [9.17, 15) is 4.79 Å². The van der Waals surface area contributed by atoms with Gasteiger partial charge >= 0.3 is 0 Å². The number of Topliss-reactive ketones (excluding diaryl/α,β-unsaturated/α-hetero) is 1. The molecule has 0 fully saturated rings. The molecule has 0 aliphatic rings. The third kappa shape index (κ3) is 5.88. The fraction of sp³-hybridized carbons (Fsp3) is 0.364. The maximum atomic E-state index is 13.1. The summed E-state index contributed by atoms with van der Waals surface area (Å²) in [6.07, 6.45) is 3.37. The summed E-state index contributed by atoms with van der Waals surface area (Å²) in [5.41, 5.74) is 1.83. The van der Waals surface area contributed by atoms with E-state index in [-0.39, 0.29) is 11.8 Å². The van der Waals surface area contributed by atoms with E-state index in [4.69, 9.17) is 9.47 Å². The average molecular weight is 354 g/mol. The van der Waals surface area contributed by atoms with E-state index in [0.29, 0.717) is 17.1 Å². The van der Waals surface area contributed by atoms with Gasteiger partial charge in [0.2, 0.25) is 0 Å². The summed E-state index contributed by atoms with van der Waals surface area (Å²) in [6, 6.07) is 15.3. The van der Waals surface area contributed by atoms with Gasteiger partial charge in [0.1, 0.15) is 11.5 Å². The van der Waals surface area contributed by atoms with Crippen molar-refractivity contribution in [2.45, 2.75) is 31.7 Å². The topological polar surface area (TPSA) is 47.6 Å². The molecule has 0 amide bonds. The minimum absolute atomic E-state index is 0.0576. The van der Waals surface area contributed by atoms with Crippen LogP contribution in [0.2, 0.25) is 0 Å². The van der Waals surface area contributed by atoms with E-state index in [1.165, 1.54) is 5.56 Å². The number of ketones is 1. The molecule has 1 radical (unpaired) electrons. The maximum absolute atomic E-state index is 13.1. The lowest BCUT2D eigenvalue weighted by molar-refractivity contribution is 0.0937. The Morgan fingerprint density at radius 1 is 1.08 bits per heavy atom. The second-order valence-corrected chi connectivity index (χ2v) is 6.20. The van der Waals surface area contributed by atoms with E-state index in [1.807, 2.05) is 18.2 Å². The number of nitrogens with one attached hydrogen (secondary N) is 1. The summed E-state index contributed by atoms with van der Waals surface area (Å²) in [5, 5.41) is 3.39. The number of carbonyl (C=O) groups is 1. The van der Waals surface area contributed by atoms with Gasteiger partial charge in [0.05, 0.1) is 20.3 Å². The Morgan fingerprint density at radius 3 is 2.31 bits per heavy atom. The average Bonchev–Trinajstić information content (AvgIpc) is 2.70. The summed E-state index contributed by atoms with van der Waals surface area (Å²) < 4.78 is 10.6. The Labute approximate surface area is 156 Å². The first-order valence-corrected chi connectivity index (χ1v) is 9.01. The normalized spacial score (nSPS) is 11.8. The van der Waals surface area contributed by atoms with E-state index in [2.05, 4.69) is 24.4 Å². The van der Waals surface area contributed by atoms with Crippen LogP contribution in [0, 0.1) is 6.92 Å². The van der Waals surface area contributed by atoms with E-state index < -0.39 is 0 Å². The zero-order valence-corrected chi connectivity index (χ0v) is 15.7. The fourth-order valence-electron chi connectivity index (χ4n) is 2.83. The lowest BCUT2D eigenvalue weighted by atomic mass is 9.97. The number of aryl methyl sites for hydroxylation is 1. The lowest BCUT2D eigenvalue weighted by Crippen LogP contribution is -2.38. The van der Waals surface area contributed by atoms with Gasteiger partial charge < -0.3 is 14.8 Å². The van der Waals surface area contributed by atoms with Crippen LogP contribution in [0.1, 0.15) is 35.2 Å². The molecule has 0 saturated heterocycles. The highest BCUT2D eigenvalue weighted by Gasteiger charge is 2.21. The van der Waals surface area contributed by atoms with E-state index >= 15 is 0 Å². The number of hydrogen-bond donors (Lipinski definition) is 1. The van der Waals surface area contributed by atoms with E-state index in [1.54, 1.807) is 32.4 Å². The molecule has 2 aromatic rings. The monoisotopic (exact) mass is 354 g/mol. The van der Waals surface area contributed by atoms with Crippen LogP contribution in [0.25, 0.3) is 0 Å². The number of benzene rings is 2. The first-order valence-electron chi connectivity index (χ1n) is 9.01. The van der Waals surface area contributed by atoms with Crippen LogP contribution >= 0.6 is 0 Å². The van der Waals surface area contributed by atoms with Gasteiger partial charge in [-0.1, -0.05) is 43.7 Å². The van der Waals surface area contributed by atoms with Crippen molar-refractivity contribution in [3.8, 4) is 11.5 Å². The smallest absolute Gasteiger partial charge is 0.180 e. The number of carbonyl (C=O) groups excluding carboxylic acids is 1. The summed E-state index contributed by atoms with van der Waals surface area (Å²) in [5.74, 6) is 1.29. The van der Waals surface area contributed by atoms with Crippen molar-refractivity contribution < 1.29 is 14.3 Å². The Hall–Kier alpha value is -2.33. The third-order valence-corrected chi connectivity index (χ3v) is 4.33. The molecule has 0 spiro atoms. The minimum atomic E-state index is -0.251. The molecule has 0 heterocycles.